The first-order chi connectivity index (χ1) is 9.60. The molecule has 0 amide bonds. The number of halogens is 1. The van der Waals surface area contributed by atoms with E-state index in [4.69, 9.17) is 4.74 Å². The summed E-state index contributed by atoms with van der Waals surface area (Å²) in [6.07, 6.45) is 2.40. The first-order valence-electron chi connectivity index (χ1n) is 7.22. The van der Waals surface area contributed by atoms with Crippen molar-refractivity contribution in [1.29, 1.82) is 0 Å². The summed E-state index contributed by atoms with van der Waals surface area (Å²) in [5.74, 6) is 1.16. The average Bonchev–Trinajstić information content (AvgIpc) is 2.85. The molecule has 2 heterocycles. The van der Waals surface area contributed by atoms with Crippen LogP contribution in [0.1, 0.15) is 25.8 Å². The van der Waals surface area contributed by atoms with E-state index in [0.29, 0.717) is 18.5 Å². The monoisotopic (exact) mass is 281 g/mol. The standard InChI is InChI=1S/C15H24FN3O/c1-11(2)17-7-13-6-14(16)8-18-15(13)19-5-4-12(9-19)10-20-3/h6,8,11-12,17H,4-5,7,9-10H2,1-3H3. The molecule has 1 aliphatic rings. The van der Waals surface area contributed by atoms with E-state index in [0.717, 1.165) is 37.5 Å². The molecule has 2 rings (SSSR count). The smallest absolute Gasteiger partial charge is 0.141 e. The van der Waals surface area contributed by atoms with E-state index < -0.39 is 0 Å². The molecule has 0 saturated carbocycles. The predicted molar refractivity (Wildman–Crippen MR) is 78.4 cm³/mol. The summed E-state index contributed by atoms with van der Waals surface area (Å²) in [6, 6.07) is 1.95. The summed E-state index contributed by atoms with van der Waals surface area (Å²) >= 11 is 0. The molecule has 1 fully saturated rings. The number of ether oxygens (including phenoxy) is 1. The number of anilines is 1. The van der Waals surface area contributed by atoms with Gasteiger partial charge in [-0.25, -0.2) is 9.37 Å². The maximum Gasteiger partial charge on any atom is 0.141 e. The lowest BCUT2D eigenvalue weighted by Crippen LogP contribution is -2.27. The number of hydrogen-bond donors (Lipinski definition) is 1. The van der Waals surface area contributed by atoms with Crippen molar-refractivity contribution in [3.63, 3.8) is 0 Å². The van der Waals surface area contributed by atoms with Crippen LogP contribution in [-0.4, -0.2) is 37.8 Å². The van der Waals surface area contributed by atoms with Crippen LogP contribution in [0.3, 0.4) is 0 Å². The van der Waals surface area contributed by atoms with Crippen molar-refractivity contribution in [2.45, 2.75) is 32.9 Å². The van der Waals surface area contributed by atoms with Crippen molar-refractivity contribution in [3.05, 3.63) is 23.6 Å². The van der Waals surface area contributed by atoms with Gasteiger partial charge in [0, 0.05) is 44.3 Å². The first-order valence-corrected chi connectivity index (χ1v) is 7.22. The Morgan fingerprint density at radius 1 is 1.55 bits per heavy atom. The van der Waals surface area contributed by atoms with Crippen LogP contribution in [0, 0.1) is 11.7 Å². The van der Waals surface area contributed by atoms with Gasteiger partial charge >= 0.3 is 0 Å². The number of aromatic nitrogens is 1. The lowest BCUT2D eigenvalue weighted by molar-refractivity contribution is 0.161. The van der Waals surface area contributed by atoms with Crippen LogP contribution >= 0.6 is 0 Å². The molecule has 5 heteroatoms. The fourth-order valence-corrected chi connectivity index (χ4v) is 2.60. The molecule has 0 aliphatic carbocycles. The number of pyridine rings is 1. The molecule has 0 bridgehead atoms. The highest BCUT2D eigenvalue weighted by atomic mass is 19.1. The molecule has 1 aromatic rings. The topological polar surface area (TPSA) is 37.4 Å². The van der Waals surface area contributed by atoms with Crippen LogP contribution in [-0.2, 0) is 11.3 Å². The minimum absolute atomic E-state index is 0.276. The summed E-state index contributed by atoms with van der Waals surface area (Å²) in [6.45, 7) is 7.47. The largest absolute Gasteiger partial charge is 0.384 e. The van der Waals surface area contributed by atoms with Crippen LogP contribution < -0.4 is 10.2 Å². The van der Waals surface area contributed by atoms with Gasteiger partial charge in [0.2, 0.25) is 0 Å². The van der Waals surface area contributed by atoms with Gasteiger partial charge in [-0.2, -0.15) is 0 Å². The van der Waals surface area contributed by atoms with Gasteiger partial charge in [-0.3, -0.25) is 0 Å². The highest BCUT2D eigenvalue weighted by Crippen LogP contribution is 2.26. The normalized spacial score (nSPS) is 19.1. The van der Waals surface area contributed by atoms with Crippen LogP contribution in [0.4, 0.5) is 10.2 Å². The Labute approximate surface area is 120 Å². The zero-order chi connectivity index (χ0) is 14.5. The van der Waals surface area contributed by atoms with Crippen LogP contribution in [0.25, 0.3) is 0 Å². The molecule has 1 aliphatic heterocycles. The van der Waals surface area contributed by atoms with Gasteiger partial charge in [0.15, 0.2) is 0 Å². The molecule has 112 valence electrons. The minimum atomic E-state index is -0.276. The zero-order valence-electron chi connectivity index (χ0n) is 12.5. The first kappa shape index (κ1) is 15.2. The zero-order valence-corrected chi connectivity index (χ0v) is 12.5. The number of nitrogens with one attached hydrogen (secondary N) is 1. The Hall–Kier alpha value is -1.20. The lowest BCUT2D eigenvalue weighted by atomic mass is 10.1. The van der Waals surface area contributed by atoms with E-state index in [1.54, 1.807) is 13.2 Å². The fraction of sp³-hybridized carbons (Fsp3) is 0.667. The second-order valence-corrected chi connectivity index (χ2v) is 5.73. The fourth-order valence-electron chi connectivity index (χ4n) is 2.60. The predicted octanol–water partition coefficient (Wildman–Crippen LogP) is 2.19. The van der Waals surface area contributed by atoms with E-state index in [2.05, 4.69) is 29.0 Å². The number of rotatable bonds is 6. The van der Waals surface area contributed by atoms with Gasteiger partial charge in [-0.05, 0) is 12.5 Å². The highest BCUT2D eigenvalue weighted by Gasteiger charge is 2.25. The highest BCUT2D eigenvalue weighted by molar-refractivity contribution is 5.48. The lowest BCUT2D eigenvalue weighted by Gasteiger charge is -2.21. The van der Waals surface area contributed by atoms with E-state index in [1.807, 2.05) is 0 Å². The molecule has 1 N–H and O–H groups in total. The molecular weight excluding hydrogens is 257 g/mol. The third-order valence-electron chi connectivity index (χ3n) is 3.60. The maximum atomic E-state index is 13.4. The number of methoxy groups -OCH3 is 1. The van der Waals surface area contributed by atoms with Crippen molar-refractivity contribution in [3.8, 4) is 0 Å². The summed E-state index contributed by atoms with van der Waals surface area (Å²) in [5.41, 5.74) is 0.928. The molecule has 1 aromatic heterocycles. The van der Waals surface area contributed by atoms with E-state index in [-0.39, 0.29) is 5.82 Å². The molecule has 0 spiro atoms. The average molecular weight is 281 g/mol. The third-order valence-corrected chi connectivity index (χ3v) is 3.60. The Morgan fingerprint density at radius 2 is 2.35 bits per heavy atom. The van der Waals surface area contributed by atoms with Crippen LogP contribution in [0.5, 0.6) is 0 Å². The Morgan fingerprint density at radius 3 is 3.05 bits per heavy atom. The minimum Gasteiger partial charge on any atom is -0.384 e. The molecule has 0 radical (unpaired) electrons. The molecular formula is C15H24FN3O. The second kappa shape index (κ2) is 6.99. The Balaban J connectivity index is 2.10. The molecule has 1 atom stereocenters. The van der Waals surface area contributed by atoms with Crippen molar-refractivity contribution in [2.75, 3.05) is 31.7 Å². The van der Waals surface area contributed by atoms with Gasteiger partial charge < -0.3 is 15.0 Å². The van der Waals surface area contributed by atoms with Crippen LogP contribution in [0.2, 0.25) is 0 Å². The molecule has 4 nitrogen and oxygen atoms in total. The van der Waals surface area contributed by atoms with Gasteiger partial charge in [-0.15, -0.1) is 0 Å². The van der Waals surface area contributed by atoms with Crippen molar-refractivity contribution < 1.29 is 9.13 Å². The number of nitrogens with zero attached hydrogens (tertiary/aromatic N) is 2. The summed E-state index contributed by atoms with van der Waals surface area (Å²) in [4.78, 5) is 6.54. The van der Waals surface area contributed by atoms with Gasteiger partial charge in [-0.1, -0.05) is 13.8 Å². The summed E-state index contributed by atoms with van der Waals surface area (Å²) < 4.78 is 18.6. The van der Waals surface area contributed by atoms with Crippen molar-refractivity contribution in [1.82, 2.24) is 10.3 Å². The maximum absolute atomic E-state index is 13.4. The van der Waals surface area contributed by atoms with Gasteiger partial charge in [0.1, 0.15) is 11.6 Å². The van der Waals surface area contributed by atoms with Crippen molar-refractivity contribution >= 4 is 5.82 Å². The van der Waals surface area contributed by atoms with E-state index >= 15 is 0 Å². The quantitative estimate of drug-likeness (QED) is 0.867. The van der Waals surface area contributed by atoms with Gasteiger partial charge in [0.25, 0.3) is 0 Å². The SMILES string of the molecule is COCC1CCN(c2ncc(F)cc2CNC(C)C)C1. The Kier molecular flexibility index (Phi) is 5.31. The van der Waals surface area contributed by atoms with Gasteiger partial charge in [0.05, 0.1) is 12.8 Å². The number of hydrogen-bond acceptors (Lipinski definition) is 4. The molecule has 0 aromatic carbocycles. The third kappa shape index (κ3) is 3.90. The van der Waals surface area contributed by atoms with Crippen LogP contribution in [0.15, 0.2) is 12.3 Å². The summed E-state index contributed by atoms with van der Waals surface area (Å²) in [7, 11) is 1.73. The molecule has 20 heavy (non-hydrogen) atoms. The molecule has 1 unspecified atom stereocenters. The van der Waals surface area contributed by atoms with Crippen molar-refractivity contribution in [2.24, 2.45) is 5.92 Å². The van der Waals surface area contributed by atoms with E-state index in [1.165, 1.54) is 6.20 Å². The second-order valence-electron chi connectivity index (χ2n) is 5.73. The summed E-state index contributed by atoms with van der Waals surface area (Å²) in [5, 5.41) is 3.33. The Bertz CT molecular complexity index is 439. The molecule has 1 saturated heterocycles. The van der Waals surface area contributed by atoms with E-state index in [9.17, 15) is 4.39 Å².